The van der Waals surface area contributed by atoms with Gasteiger partial charge in [0, 0.05) is 49.2 Å². The first-order valence-electron chi connectivity index (χ1n) is 15.1. The summed E-state index contributed by atoms with van der Waals surface area (Å²) in [6, 6.07) is 47.9. The second kappa shape index (κ2) is 9.36. The van der Waals surface area contributed by atoms with Crippen LogP contribution < -0.4 is 0 Å². The molecule has 45 heavy (non-hydrogen) atoms. The van der Waals surface area contributed by atoms with Gasteiger partial charge in [0.15, 0.2) is 0 Å². The molecule has 4 nitrogen and oxygen atoms in total. The van der Waals surface area contributed by atoms with Crippen LogP contribution in [-0.2, 0) is 0 Å². The van der Waals surface area contributed by atoms with Crippen molar-refractivity contribution in [2.24, 2.45) is 0 Å². The first-order chi connectivity index (χ1) is 22.4. The predicted octanol–water partition coefficient (Wildman–Crippen LogP) is 10.7. The summed E-state index contributed by atoms with van der Waals surface area (Å²) in [6.45, 7) is 0. The first-order valence-corrected chi connectivity index (χ1v) is 15.9. The first kappa shape index (κ1) is 24.6. The Morgan fingerprint density at radius 2 is 1.04 bits per heavy atom. The molecule has 0 aliphatic rings. The van der Waals surface area contributed by atoms with Crippen LogP contribution in [0.1, 0.15) is 0 Å². The van der Waals surface area contributed by atoms with E-state index in [0.29, 0.717) is 0 Å². The number of rotatable bonds is 3. The molecule has 0 aliphatic heterocycles. The van der Waals surface area contributed by atoms with E-state index < -0.39 is 0 Å². The Morgan fingerprint density at radius 1 is 0.489 bits per heavy atom. The standard InChI is InChI=1S/C40H24N4S/c1-3-11-25(12-4-1)26-19-21-28(22-20-26)44-32-18-10-8-16-30(32)35-38(44)34-29-15-7-9-17-31(29)43(27-13-5-2-6-14-27)39(34)36-37-33(45-40(35)36)23-41-24-42-37/h1-24H. The summed E-state index contributed by atoms with van der Waals surface area (Å²) in [4.78, 5) is 9.32. The highest BCUT2D eigenvalue weighted by atomic mass is 32.1. The normalized spacial score (nSPS) is 12.0. The van der Waals surface area contributed by atoms with Gasteiger partial charge in [-0.3, -0.25) is 0 Å². The molecular formula is C40H24N4S. The van der Waals surface area contributed by atoms with Crippen molar-refractivity contribution in [2.45, 2.75) is 0 Å². The fourth-order valence-corrected chi connectivity index (χ4v) is 8.40. The topological polar surface area (TPSA) is 35.6 Å². The van der Waals surface area contributed by atoms with Crippen LogP contribution in [0.3, 0.4) is 0 Å². The van der Waals surface area contributed by atoms with Gasteiger partial charge in [-0.15, -0.1) is 11.3 Å². The van der Waals surface area contributed by atoms with Crippen LogP contribution in [-0.4, -0.2) is 19.1 Å². The number of hydrogen-bond acceptors (Lipinski definition) is 3. The van der Waals surface area contributed by atoms with E-state index in [1.54, 1.807) is 17.7 Å². The number of thiophene rings is 1. The van der Waals surface area contributed by atoms with E-state index in [9.17, 15) is 0 Å². The van der Waals surface area contributed by atoms with Crippen molar-refractivity contribution in [1.29, 1.82) is 0 Å². The third kappa shape index (κ3) is 3.41. The smallest absolute Gasteiger partial charge is 0.116 e. The minimum absolute atomic E-state index is 1.00. The number of fused-ring (bicyclic) bond motifs is 12. The molecule has 210 valence electrons. The molecule has 5 heteroatoms. The summed E-state index contributed by atoms with van der Waals surface area (Å²) >= 11 is 1.79. The molecule has 0 bridgehead atoms. The Kier molecular flexibility index (Phi) is 5.12. The zero-order chi connectivity index (χ0) is 29.5. The lowest BCUT2D eigenvalue weighted by Crippen LogP contribution is -1.96. The van der Waals surface area contributed by atoms with Crippen LogP contribution in [0.15, 0.2) is 146 Å². The van der Waals surface area contributed by atoms with Crippen molar-refractivity contribution in [3.63, 3.8) is 0 Å². The minimum Gasteiger partial charge on any atom is -0.308 e. The molecule has 0 radical (unpaired) electrons. The number of nitrogens with zero attached hydrogens (tertiary/aromatic N) is 4. The molecule has 0 aliphatic carbocycles. The maximum absolute atomic E-state index is 4.89. The number of para-hydroxylation sites is 3. The molecule has 0 fully saturated rings. The molecule has 0 unspecified atom stereocenters. The molecule has 10 aromatic rings. The zero-order valence-electron chi connectivity index (χ0n) is 24.1. The van der Waals surface area contributed by atoms with Crippen LogP contribution in [0.5, 0.6) is 0 Å². The summed E-state index contributed by atoms with van der Waals surface area (Å²) in [6.07, 6.45) is 3.64. The van der Waals surface area contributed by atoms with E-state index in [0.717, 1.165) is 21.6 Å². The lowest BCUT2D eigenvalue weighted by Gasteiger charge is -2.12. The Bertz CT molecular complexity index is 2730. The third-order valence-corrected chi connectivity index (χ3v) is 10.2. The highest BCUT2D eigenvalue weighted by Gasteiger charge is 2.27. The summed E-state index contributed by atoms with van der Waals surface area (Å²) in [7, 11) is 0. The Labute approximate surface area is 262 Å². The molecule has 10 rings (SSSR count). The summed E-state index contributed by atoms with van der Waals surface area (Å²) < 4.78 is 7.24. The number of benzene rings is 6. The third-order valence-electron chi connectivity index (χ3n) is 9.05. The Balaban J connectivity index is 1.46. The summed E-state index contributed by atoms with van der Waals surface area (Å²) in [5.74, 6) is 0. The fourth-order valence-electron chi connectivity index (χ4n) is 7.21. The average Bonchev–Trinajstić information content (AvgIpc) is 3.77. The zero-order valence-corrected chi connectivity index (χ0v) is 24.9. The number of aromatic nitrogens is 4. The SMILES string of the molecule is c1ccc(-c2ccc(-n3c4ccccc4c4c5sc6cncnc6c5c5c(c6ccccc6n5-c5ccccc5)c43)cc2)cc1. The molecule has 4 heterocycles. The van der Waals surface area contributed by atoms with Crippen molar-refractivity contribution < 1.29 is 0 Å². The second-order valence-electron chi connectivity index (χ2n) is 11.4. The van der Waals surface area contributed by atoms with Gasteiger partial charge in [0.05, 0.1) is 32.3 Å². The lowest BCUT2D eigenvalue weighted by molar-refractivity contribution is 1.18. The van der Waals surface area contributed by atoms with E-state index >= 15 is 0 Å². The van der Waals surface area contributed by atoms with Crippen LogP contribution in [0.4, 0.5) is 0 Å². The molecule has 0 amide bonds. The monoisotopic (exact) mass is 592 g/mol. The summed E-state index contributed by atoms with van der Waals surface area (Å²) in [5, 5.41) is 6.14. The van der Waals surface area contributed by atoms with Crippen LogP contribution in [0.2, 0.25) is 0 Å². The van der Waals surface area contributed by atoms with E-state index in [1.807, 2.05) is 6.20 Å². The van der Waals surface area contributed by atoms with E-state index in [1.165, 1.54) is 64.8 Å². The summed E-state index contributed by atoms with van der Waals surface area (Å²) in [5.41, 5.74) is 10.5. The van der Waals surface area contributed by atoms with Gasteiger partial charge in [-0.25, -0.2) is 9.97 Å². The van der Waals surface area contributed by atoms with E-state index in [2.05, 4.69) is 148 Å². The second-order valence-corrected chi connectivity index (χ2v) is 12.5. The van der Waals surface area contributed by atoms with Crippen LogP contribution in [0, 0.1) is 0 Å². The van der Waals surface area contributed by atoms with Crippen molar-refractivity contribution in [3.05, 3.63) is 146 Å². The maximum Gasteiger partial charge on any atom is 0.116 e. The van der Waals surface area contributed by atoms with Crippen molar-refractivity contribution in [2.75, 3.05) is 0 Å². The Hall–Kier alpha value is -5.78. The van der Waals surface area contributed by atoms with Gasteiger partial charge in [-0.1, -0.05) is 97.1 Å². The van der Waals surface area contributed by atoms with E-state index in [4.69, 9.17) is 4.98 Å². The quantitative estimate of drug-likeness (QED) is 0.205. The van der Waals surface area contributed by atoms with Crippen LogP contribution >= 0.6 is 11.3 Å². The van der Waals surface area contributed by atoms with Gasteiger partial charge < -0.3 is 9.13 Å². The molecule has 0 saturated carbocycles. The molecule has 0 spiro atoms. The van der Waals surface area contributed by atoms with Crippen LogP contribution in [0.25, 0.3) is 86.4 Å². The van der Waals surface area contributed by atoms with Gasteiger partial charge in [0.1, 0.15) is 6.33 Å². The van der Waals surface area contributed by atoms with Gasteiger partial charge in [0.25, 0.3) is 0 Å². The van der Waals surface area contributed by atoms with Crippen molar-refractivity contribution >= 4 is 75.3 Å². The van der Waals surface area contributed by atoms with Gasteiger partial charge in [-0.2, -0.15) is 0 Å². The van der Waals surface area contributed by atoms with Crippen molar-refractivity contribution in [1.82, 2.24) is 19.1 Å². The molecule has 0 saturated heterocycles. The predicted molar refractivity (Wildman–Crippen MR) is 189 cm³/mol. The molecule has 6 aromatic carbocycles. The van der Waals surface area contributed by atoms with E-state index in [-0.39, 0.29) is 0 Å². The van der Waals surface area contributed by atoms with Gasteiger partial charge in [-0.05, 0) is 47.5 Å². The average molecular weight is 593 g/mol. The number of hydrogen-bond donors (Lipinski definition) is 0. The molecular weight excluding hydrogens is 569 g/mol. The highest BCUT2D eigenvalue weighted by Crippen LogP contribution is 2.50. The Morgan fingerprint density at radius 3 is 1.76 bits per heavy atom. The highest BCUT2D eigenvalue weighted by molar-refractivity contribution is 7.27. The minimum atomic E-state index is 1.00. The van der Waals surface area contributed by atoms with Gasteiger partial charge >= 0.3 is 0 Å². The molecule has 4 aromatic heterocycles. The van der Waals surface area contributed by atoms with Crippen molar-refractivity contribution in [3.8, 4) is 22.5 Å². The molecule has 0 atom stereocenters. The fraction of sp³-hybridized carbons (Fsp3) is 0. The lowest BCUT2D eigenvalue weighted by atomic mass is 10.0. The van der Waals surface area contributed by atoms with Gasteiger partial charge in [0.2, 0.25) is 0 Å². The maximum atomic E-state index is 4.89. The largest absolute Gasteiger partial charge is 0.308 e. The molecule has 0 N–H and O–H groups in total.